The average molecular weight is 414 g/mol. The van der Waals surface area contributed by atoms with Crippen molar-refractivity contribution in [3.63, 3.8) is 0 Å². The number of rotatable bonds is 5. The summed E-state index contributed by atoms with van der Waals surface area (Å²) in [6.45, 7) is 1.36. The lowest BCUT2D eigenvalue weighted by Crippen LogP contribution is -2.32. The summed E-state index contributed by atoms with van der Waals surface area (Å²) in [4.78, 5) is 22.0. The summed E-state index contributed by atoms with van der Waals surface area (Å²) in [5.74, 6) is -1.64. The van der Waals surface area contributed by atoms with E-state index in [0.29, 0.717) is 19.2 Å². The third kappa shape index (κ3) is 6.28. The number of nitrogens with one attached hydrogen (secondary N) is 1. The Morgan fingerprint density at radius 3 is 2.69 bits per heavy atom. The molecule has 1 amide bonds. The van der Waals surface area contributed by atoms with Crippen LogP contribution in [-0.2, 0) is 11.3 Å². The van der Waals surface area contributed by atoms with E-state index in [1.165, 1.54) is 12.4 Å². The summed E-state index contributed by atoms with van der Waals surface area (Å²) in [6, 6.07) is 2.76. The molecule has 1 aromatic heterocycles. The van der Waals surface area contributed by atoms with Crippen molar-refractivity contribution >= 4 is 11.9 Å². The number of benzene rings is 1. The highest BCUT2D eigenvalue weighted by atomic mass is 19.4. The fraction of sp³-hybridized carbons (Fsp3) is 0.389. The molecule has 29 heavy (non-hydrogen) atoms. The van der Waals surface area contributed by atoms with Crippen molar-refractivity contribution in [2.24, 2.45) is 0 Å². The standard InChI is InChI=1S/C18H18F4N4O3/c19-14-5-12(6-15(7-14)29-18(20,21)22)8-23-17-24-9-13(10-25-17)16(27)26-3-1-2-4-28-11-26/h5-7,9-10H,1-4,8,11H2,(H,23,24,25). The lowest BCUT2D eigenvalue weighted by atomic mass is 10.2. The highest BCUT2D eigenvalue weighted by Gasteiger charge is 2.31. The molecule has 2 heterocycles. The largest absolute Gasteiger partial charge is 0.573 e. The molecule has 2 aromatic rings. The van der Waals surface area contributed by atoms with Gasteiger partial charge < -0.3 is 19.7 Å². The van der Waals surface area contributed by atoms with Crippen LogP contribution in [0.25, 0.3) is 0 Å². The van der Waals surface area contributed by atoms with Crippen LogP contribution in [0.1, 0.15) is 28.8 Å². The van der Waals surface area contributed by atoms with Crippen LogP contribution in [0, 0.1) is 5.82 Å². The monoisotopic (exact) mass is 414 g/mol. The van der Waals surface area contributed by atoms with Crippen LogP contribution < -0.4 is 10.1 Å². The van der Waals surface area contributed by atoms with E-state index in [9.17, 15) is 22.4 Å². The smallest absolute Gasteiger partial charge is 0.406 e. The molecule has 7 nitrogen and oxygen atoms in total. The van der Waals surface area contributed by atoms with Gasteiger partial charge in [0.2, 0.25) is 5.95 Å². The van der Waals surface area contributed by atoms with E-state index in [0.717, 1.165) is 25.0 Å². The molecule has 0 unspecified atom stereocenters. The number of carbonyl (C=O) groups excluding carboxylic acids is 1. The second-order valence-electron chi connectivity index (χ2n) is 6.30. The molecule has 0 radical (unpaired) electrons. The molecule has 156 valence electrons. The van der Waals surface area contributed by atoms with Crippen LogP contribution in [0.5, 0.6) is 5.75 Å². The van der Waals surface area contributed by atoms with Gasteiger partial charge >= 0.3 is 6.36 Å². The maximum Gasteiger partial charge on any atom is 0.573 e. The van der Waals surface area contributed by atoms with Crippen molar-refractivity contribution in [3.8, 4) is 5.75 Å². The Labute approximate surface area is 163 Å². The molecule has 0 spiro atoms. The number of hydrogen-bond acceptors (Lipinski definition) is 6. The normalized spacial score (nSPS) is 15.0. The Kier molecular flexibility index (Phi) is 6.47. The molecule has 0 bridgehead atoms. The maximum atomic E-state index is 13.5. The van der Waals surface area contributed by atoms with E-state index >= 15 is 0 Å². The van der Waals surface area contributed by atoms with Crippen LogP contribution in [-0.4, -0.2) is 47.0 Å². The number of alkyl halides is 3. The van der Waals surface area contributed by atoms with Crippen molar-refractivity contribution in [3.05, 3.63) is 47.5 Å². The summed E-state index contributed by atoms with van der Waals surface area (Å²) in [5, 5.41) is 2.76. The molecule has 1 aliphatic heterocycles. The zero-order valence-electron chi connectivity index (χ0n) is 15.2. The predicted molar refractivity (Wildman–Crippen MR) is 93.5 cm³/mol. The third-order valence-corrected chi connectivity index (χ3v) is 4.02. The van der Waals surface area contributed by atoms with E-state index in [1.54, 1.807) is 4.90 Å². The Morgan fingerprint density at radius 1 is 1.21 bits per heavy atom. The van der Waals surface area contributed by atoms with E-state index in [-0.39, 0.29) is 36.3 Å². The van der Waals surface area contributed by atoms with Crippen LogP contribution in [0.3, 0.4) is 0 Å². The molecule has 3 rings (SSSR count). The zero-order chi connectivity index (χ0) is 20.9. The van der Waals surface area contributed by atoms with E-state index in [1.807, 2.05) is 0 Å². The second kappa shape index (κ2) is 9.03. The molecule has 1 fully saturated rings. The first-order valence-electron chi connectivity index (χ1n) is 8.78. The first kappa shape index (κ1) is 20.8. The number of carbonyl (C=O) groups is 1. The second-order valence-corrected chi connectivity index (χ2v) is 6.30. The van der Waals surface area contributed by atoms with Gasteiger partial charge in [-0.1, -0.05) is 0 Å². The molecule has 11 heteroatoms. The zero-order valence-corrected chi connectivity index (χ0v) is 15.2. The summed E-state index contributed by atoms with van der Waals surface area (Å²) < 4.78 is 59.5. The molecule has 1 aromatic carbocycles. The molecular formula is C18H18F4N4O3. The minimum Gasteiger partial charge on any atom is -0.406 e. The average Bonchev–Trinajstić information content (AvgIpc) is 2.94. The van der Waals surface area contributed by atoms with E-state index in [4.69, 9.17) is 4.74 Å². The van der Waals surface area contributed by atoms with Gasteiger partial charge in [-0.15, -0.1) is 13.2 Å². The van der Waals surface area contributed by atoms with Crippen molar-refractivity contribution in [2.45, 2.75) is 25.7 Å². The molecule has 1 aliphatic rings. The van der Waals surface area contributed by atoms with Crippen LogP contribution in [0.2, 0.25) is 0 Å². The SMILES string of the molecule is O=C(c1cnc(NCc2cc(F)cc(OC(F)(F)F)c2)nc1)N1CCCCOC1. The van der Waals surface area contributed by atoms with Crippen molar-refractivity contribution in [1.29, 1.82) is 0 Å². The molecule has 0 aliphatic carbocycles. The Hall–Kier alpha value is -2.95. The lowest BCUT2D eigenvalue weighted by Gasteiger charge is -2.19. The van der Waals surface area contributed by atoms with Gasteiger partial charge in [-0.25, -0.2) is 14.4 Å². The van der Waals surface area contributed by atoms with Gasteiger partial charge in [-0.2, -0.15) is 0 Å². The van der Waals surface area contributed by atoms with Crippen molar-refractivity contribution < 1.29 is 31.8 Å². The minimum absolute atomic E-state index is 0.0424. The number of nitrogens with zero attached hydrogens (tertiary/aromatic N) is 3. The summed E-state index contributed by atoms with van der Waals surface area (Å²) >= 11 is 0. The topological polar surface area (TPSA) is 76.6 Å². The number of hydrogen-bond donors (Lipinski definition) is 1. The van der Waals surface area contributed by atoms with Gasteiger partial charge in [0.15, 0.2) is 0 Å². The third-order valence-electron chi connectivity index (χ3n) is 4.02. The van der Waals surface area contributed by atoms with Gasteiger partial charge in [0.25, 0.3) is 5.91 Å². The van der Waals surface area contributed by atoms with E-state index in [2.05, 4.69) is 20.0 Å². The number of anilines is 1. The fourth-order valence-corrected chi connectivity index (χ4v) is 2.72. The number of halogens is 4. The van der Waals surface area contributed by atoms with Crippen LogP contribution in [0.4, 0.5) is 23.5 Å². The molecule has 1 saturated heterocycles. The Morgan fingerprint density at radius 2 is 1.97 bits per heavy atom. The Balaban J connectivity index is 1.61. The van der Waals surface area contributed by atoms with Gasteiger partial charge in [-0.3, -0.25) is 4.79 Å². The summed E-state index contributed by atoms with van der Waals surface area (Å²) in [7, 11) is 0. The highest BCUT2D eigenvalue weighted by Crippen LogP contribution is 2.25. The predicted octanol–water partition coefficient (Wildman–Crippen LogP) is 3.34. The number of ether oxygens (including phenoxy) is 2. The summed E-state index contributed by atoms with van der Waals surface area (Å²) in [6.07, 6.45) is -0.500. The van der Waals surface area contributed by atoms with Gasteiger partial charge in [0.05, 0.1) is 5.56 Å². The molecular weight excluding hydrogens is 396 g/mol. The van der Waals surface area contributed by atoms with Gasteiger partial charge in [0, 0.05) is 38.2 Å². The molecule has 0 atom stereocenters. The minimum atomic E-state index is -4.91. The highest BCUT2D eigenvalue weighted by molar-refractivity contribution is 5.93. The lowest BCUT2D eigenvalue weighted by molar-refractivity contribution is -0.274. The first-order chi connectivity index (χ1) is 13.8. The van der Waals surface area contributed by atoms with Gasteiger partial charge in [0.1, 0.15) is 18.3 Å². The Bertz CT molecular complexity index is 838. The number of amides is 1. The van der Waals surface area contributed by atoms with Crippen molar-refractivity contribution in [1.82, 2.24) is 14.9 Å². The van der Waals surface area contributed by atoms with E-state index < -0.39 is 17.9 Å². The van der Waals surface area contributed by atoms with Crippen LogP contribution >= 0.6 is 0 Å². The van der Waals surface area contributed by atoms with Crippen molar-refractivity contribution in [2.75, 3.05) is 25.2 Å². The number of aromatic nitrogens is 2. The first-order valence-corrected chi connectivity index (χ1v) is 8.78. The maximum absolute atomic E-state index is 13.5. The quantitative estimate of drug-likeness (QED) is 0.757. The fourth-order valence-electron chi connectivity index (χ4n) is 2.72. The summed E-state index contributed by atoms with van der Waals surface area (Å²) in [5.41, 5.74) is 0.488. The molecule has 0 saturated carbocycles. The van der Waals surface area contributed by atoms with Gasteiger partial charge in [-0.05, 0) is 30.5 Å². The molecule has 1 N–H and O–H groups in total. The van der Waals surface area contributed by atoms with Crippen LogP contribution in [0.15, 0.2) is 30.6 Å².